The molecule has 0 aliphatic carbocycles. The lowest BCUT2D eigenvalue weighted by Gasteiger charge is -2.23. The van der Waals surface area contributed by atoms with Crippen molar-refractivity contribution >= 4 is 58.3 Å². The van der Waals surface area contributed by atoms with Crippen molar-refractivity contribution in [2.45, 2.75) is 12.5 Å². The number of nitriles is 1. The Bertz CT molecular complexity index is 927. The smallest absolute Gasteiger partial charge is 0.417 e. The number of alkyl halides is 3. The van der Waals surface area contributed by atoms with Crippen LogP contribution in [0.2, 0.25) is 5.02 Å². The second kappa shape index (κ2) is 9.64. The van der Waals surface area contributed by atoms with E-state index in [0.717, 1.165) is 17.2 Å². The Morgan fingerprint density at radius 1 is 1.04 bits per heavy atom. The summed E-state index contributed by atoms with van der Waals surface area (Å²) in [5.41, 5.74) is 0.460. The number of halogens is 4. The second-order valence-electron chi connectivity index (χ2n) is 5.25. The molecule has 28 heavy (non-hydrogen) atoms. The lowest BCUT2D eigenvalue weighted by Crippen LogP contribution is -2.21. The number of rotatable bonds is 7. The van der Waals surface area contributed by atoms with Gasteiger partial charge in [-0.3, -0.25) is 0 Å². The van der Waals surface area contributed by atoms with Gasteiger partial charge in [-0.2, -0.15) is 18.4 Å². The fraction of sp³-hybridized carbons (Fsp3) is 0.105. The van der Waals surface area contributed by atoms with Crippen LogP contribution in [0.15, 0.2) is 48.5 Å². The number of nitrogens with zero attached hydrogens (tertiary/aromatic N) is 1. The summed E-state index contributed by atoms with van der Waals surface area (Å²) in [7, 11) is 0. The van der Waals surface area contributed by atoms with Crippen LogP contribution in [0.5, 0.6) is 0 Å². The maximum atomic E-state index is 13.6. The van der Waals surface area contributed by atoms with Crippen LogP contribution in [-0.2, 0) is 15.7 Å². The molecule has 0 saturated carbocycles. The van der Waals surface area contributed by atoms with Gasteiger partial charge in [-0.25, -0.2) is 0 Å². The fourth-order valence-corrected chi connectivity index (χ4v) is 2.84. The van der Waals surface area contributed by atoms with Crippen molar-refractivity contribution in [2.24, 2.45) is 0 Å². The van der Waals surface area contributed by atoms with Crippen molar-refractivity contribution in [1.82, 2.24) is 0 Å². The van der Waals surface area contributed by atoms with Gasteiger partial charge < -0.3 is 9.47 Å². The van der Waals surface area contributed by atoms with E-state index in [9.17, 15) is 18.4 Å². The topological polar surface area (TPSA) is 42.2 Å². The van der Waals surface area contributed by atoms with E-state index in [4.69, 9.17) is 21.1 Å². The zero-order chi connectivity index (χ0) is 20.7. The van der Waals surface area contributed by atoms with Crippen molar-refractivity contribution in [1.29, 1.82) is 5.26 Å². The van der Waals surface area contributed by atoms with Crippen LogP contribution in [-0.4, -0.2) is 17.4 Å². The molecule has 0 unspecified atom stereocenters. The average Bonchev–Trinajstić information content (AvgIpc) is 2.66. The van der Waals surface area contributed by atoms with E-state index in [2.05, 4.69) is 24.4 Å². The van der Waals surface area contributed by atoms with Gasteiger partial charge in [0, 0.05) is 5.02 Å². The van der Waals surface area contributed by atoms with E-state index in [1.54, 1.807) is 0 Å². The molecule has 0 spiro atoms. The van der Waals surface area contributed by atoms with E-state index in [-0.39, 0.29) is 16.7 Å². The molecule has 0 atom stereocenters. The summed E-state index contributed by atoms with van der Waals surface area (Å²) in [5.74, 6) is 0. The lowest BCUT2D eigenvalue weighted by molar-refractivity contribution is -0.137. The average molecular weight is 442 g/mol. The van der Waals surface area contributed by atoms with Crippen LogP contribution in [0.4, 0.5) is 13.2 Å². The molecule has 0 bridgehead atoms. The molecule has 0 amide bonds. The Hall–Kier alpha value is -2.47. The van der Waals surface area contributed by atoms with Crippen LogP contribution in [0.3, 0.4) is 0 Å². The third-order valence-electron chi connectivity index (χ3n) is 3.63. The molecule has 9 heteroatoms. The van der Waals surface area contributed by atoms with Gasteiger partial charge >= 0.3 is 6.18 Å². The Labute approximate surface area is 174 Å². The molecule has 2 rings (SSSR count). The molecule has 0 saturated heterocycles. The number of hydrogen-bond acceptors (Lipinski definition) is 5. The van der Waals surface area contributed by atoms with Gasteiger partial charge in [-0.15, -0.1) is 0 Å². The van der Waals surface area contributed by atoms with Crippen LogP contribution in [0.25, 0.3) is 11.1 Å². The minimum absolute atomic E-state index is 0.105. The van der Waals surface area contributed by atoms with E-state index < -0.39 is 18.0 Å². The van der Waals surface area contributed by atoms with Crippen LogP contribution in [0, 0.1) is 11.3 Å². The highest BCUT2D eigenvalue weighted by Crippen LogP contribution is 2.39. The van der Waals surface area contributed by atoms with Gasteiger partial charge in [0.25, 0.3) is 6.29 Å². The monoisotopic (exact) mass is 441 g/mol. The Morgan fingerprint density at radius 3 is 2.11 bits per heavy atom. The highest BCUT2D eigenvalue weighted by molar-refractivity contribution is 7.78. The number of allylic oxidation sites excluding steroid dienone is 1. The van der Waals surface area contributed by atoms with Gasteiger partial charge in [-0.05, 0) is 53.8 Å². The quantitative estimate of drug-likeness (QED) is 0.226. The van der Waals surface area contributed by atoms with Gasteiger partial charge in [0.15, 0.2) is 11.1 Å². The zero-order valence-electron chi connectivity index (χ0n) is 13.9. The van der Waals surface area contributed by atoms with Gasteiger partial charge in [0.1, 0.15) is 6.07 Å². The first-order valence-corrected chi connectivity index (χ1v) is 8.90. The van der Waals surface area contributed by atoms with E-state index >= 15 is 0 Å². The van der Waals surface area contributed by atoms with Crippen molar-refractivity contribution in [3.63, 3.8) is 0 Å². The summed E-state index contributed by atoms with van der Waals surface area (Å²) in [5, 5.41) is 10.2. The minimum atomic E-state index is -4.68. The van der Waals surface area contributed by atoms with E-state index in [1.165, 1.54) is 42.5 Å². The van der Waals surface area contributed by atoms with Gasteiger partial charge in [0.2, 0.25) is 0 Å². The Balaban J connectivity index is 2.88. The highest BCUT2D eigenvalue weighted by Gasteiger charge is 2.37. The largest absolute Gasteiger partial charge is 0.447 e. The summed E-state index contributed by atoms with van der Waals surface area (Å²) in [6.07, 6.45) is -6.13. The Morgan fingerprint density at radius 2 is 1.61 bits per heavy atom. The van der Waals surface area contributed by atoms with Crippen LogP contribution >= 0.6 is 36.0 Å². The SMILES string of the molecule is N#CC(=C(c1ccccc1C(F)(F)F)C(OC=S)OC=S)c1ccc(Cl)cc1. The molecule has 0 aromatic heterocycles. The van der Waals surface area contributed by atoms with Crippen molar-refractivity contribution in [3.8, 4) is 6.07 Å². The molecule has 2 aromatic rings. The molecule has 0 N–H and O–H groups in total. The van der Waals surface area contributed by atoms with Gasteiger partial charge in [-0.1, -0.05) is 41.9 Å². The fourth-order valence-electron chi connectivity index (χ4n) is 2.51. The summed E-state index contributed by atoms with van der Waals surface area (Å²) in [4.78, 5) is 0. The lowest BCUT2D eigenvalue weighted by atomic mass is 9.91. The molecule has 0 fully saturated rings. The normalized spacial score (nSPS) is 12.0. The highest BCUT2D eigenvalue weighted by atomic mass is 35.5. The molecule has 0 radical (unpaired) electrons. The van der Waals surface area contributed by atoms with Crippen molar-refractivity contribution in [3.05, 3.63) is 70.2 Å². The zero-order valence-corrected chi connectivity index (χ0v) is 16.3. The minimum Gasteiger partial charge on any atom is -0.447 e. The molecule has 2 aromatic carbocycles. The van der Waals surface area contributed by atoms with Crippen LogP contribution in [0.1, 0.15) is 16.7 Å². The standard InChI is InChI=1S/C19H11ClF3NO2S2/c20-13-7-5-12(6-8-13)15(9-24)17(18(25-10-27)26-11-28)14-3-1-2-4-16(14)19(21,22)23/h1-8,10-11,18H. The van der Waals surface area contributed by atoms with E-state index in [0.29, 0.717) is 10.6 Å². The molecular weight excluding hydrogens is 431 g/mol. The summed E-state index contributed by atoms with van der Waals surface area (Å²) >= 11 is 15.2. The number of hydrogen-bond donors (Lipinski definition) is 0. The third kappa shape index (κ3) is 5.07. The molecule has 0 aliphatic rings. The third-order valence-corrected chi connectivity index (χ3v) is 4.10. The first-order chi connectivity index (χ1) is 13.3. The molecule has 0 heterocycles. The van der Waals surface area contributed by atoms with Gasteiger partial charge in [0.05, 0.1) is 16.7 Å². The molecule has 0 aliphatic heterocycles. The summed E-state index contributed by atoms with van der Waals surface area (Å²) in [6, 6.07) is 12.7. The van der Waals surface area contributed by atoms with E-state index in [1.807, 2.05) is 6.07 Å². The van der Waals surface area contributed by atoms with Crippen molar-refractivity contribution in [2.75, 3.05) is 0 Å². The maximum absolute atomic E-state index is 13.6. The molecular formula is C19H11ClF3NO2S2. The molecule has 3 nitrogen and oxygen atoms in total. The predicted octanol–water partition coefficient (Wildman–Crippen LogP) is 6.07. The first kappa shape index (κ1) is 21.8. The summed E-state index contributed by atoms with van der Waals surface area (Å²) < 4.78 is 51.1. The molecule has 144 valence electrons. The first-order valence-electron chi connectivity index (χ1n) is 7.58. The number of benzene rings is 2. The van der Waals surface area contributed by atoms with Crippen LogP contribution < -0.4 is 0 Å². The summed E-state index contributed by atoms with van der Waals surface area (Å²) in [6.45, 7) is 0. The predicted molar refractivity (Wildman–Crippen MR) is 109 cm³/mol. The maximum Gasteiger partial charge on any atom is 0.417 e. The van der Waals surface area contributed by atoms with Crippen molar-refractivity contribution < 1.29 is 22.6 Å². The number of ether oxygens (including phenoxy) is 2. The second-order valence-corrected chi connectivity index (χ2v) is 6.07. The number of thiocarbonyl (C=S) groups is 2. The Kier molecular flexibility index (Phi) is 7.52.